The second-order valence-electron chi connectivity index (χ2n) is 40.1. The summed E-state index contributed by atoms with van der Waals surface area (Å²) in [4.78, 5) is 57.6. The average Bonchev–Trinajstić information content (AvgIpc) is 1.63. The largest absolute Gasteiger partial charge is 0.467 e. The number of nitrogens with two attached hydrogens (primary N) is 2. The van der Waals surface area contributed by atoms with Crippen LogP contribution in [0, 0.1) is 6.92 Å². The minimum Gasteiger partial charge on any atom is -0.467 e. The number of imidazole rings is 5. The fourth-order valence-electron chi connectivity index (χ4n) is 16.5. The highest BCUT2D eigenvalue weighted by Crippen LogP contribution is 2.47. The van der Waals surface area contributed by atoms with Crippen molar-refractivity contribution in [2.45, 2.75) is 241 Å². The fraction of sp³-hybridized carbons (Fsp3) is 0.600. The summed E-state index contributed by atoms with van der Waals surface area (Å²) in [5.41, 5.74) is 22.5. The SMILES string of the molecule is C=P(C)(C)CC[C@H]1OC(n2c(C)nc3c(N)ccnc32)[C@H](O)[C@@H]1O.C=P(C)(C)CC[C@H]1OC(n2c(CC)nc3c(N)ccnc32)[C@H](O)[C@@H]1O.C=P(C)(C)CC[C@H]1OC(n2cnc3c(NC/C=C(/C)CC)nc(OC)nc32)[C@H](O)[C@@H]1O.C=P(C)(C)CC[C@H]1OC(n2cnc3c(NC/C=C(/C)CC)nc(SC)nc32)[C@H](O)[C@@H]1O.C=P(C)(C)CC[C@H]1OC(n2cnc3c(NC/C=C(/C)CC)ncnc32)[C@H](O)[C@@H]1O. The molecule has 17 N–H and O–H groups in total. The lowest BCUT2D eigenvalue weighted by atomic mass is 10.1. The topological polar surface area (TPSA) is 538 Å². The molecule has 15 heterocycles. The molecule has 0 aliphatic carbocycles. The zero-order chi connectivity index (χ0) is 103. The predicted molar refractivity (Wildman–Crippen MR) is 576 cm³/mol. The molecule has 5 aliphatic heterocycles. The number of fused-ring (bicyclic) bond motifs is 5. The second kappa shape index (κ2) is 48.4. The minimum atomic E-state index is -1.26. The van der Waals surface area contributed by atoms with Crippen LogP contribution in [0.15, 0.2) is 89.9 Å². The van der Waals surface area contributed by atoms with Crippen LogP contribution in [0.5, 0.6) is 6.01 Å². The van der Waals surface area contributed by atoms with Crippen LogP contribution in [0.2, 0.25) is 0 Å². The number of anilines is 5. The van der Waals surface area contributed by atoms with Gasteiger partial charge in [0.25, 0.3) is 0 Å². The minimum absolute atomic E-state index is 0.182. The van der Waals surface area contributed by atoms with Crippen molar-refractivity contribution in [3.05, 3.63) is 96.4 Å². The Hall–Kier alpha value is -7.84. The van der Waals surface area contributed by atoms with Crippen LogP contribution in [0.3, 0.4) is 0 Å². The molecule has 0 saturated carbocycles. The third-order valence-corrected chi connectivity index (χ3v) is 33.1. The molecule has 774 valence electrons. The maximum Gasteiger partial charge on any atom is 0.320 e. The first-order valence-electron chi connectivity index (χ1n) is 47.5. The Morgan fingerprint density at radius 3 is 1.10 bits per heavy atom. The highest BCUT2D eigenvalue weighted by atomic mass is 32.2. The van der Waals surface area contributed by atoms with Crippen LogP contribution < -0.4 is 32.2 Å². The zero-order valence-electron chi connectivity index (χ0n) is 84.7. The summed E-state index contributed by atoms with van der Waals surface area (Å²) >= 11 is 1.43. The number of aryl methyl sites for hydroxylation is 2. The van der Waals surface area contributed by atoms with Crippen LogP contribution in [0.4, 0.5) is 28.8 Å². The number of nitrogens with zero attached hydrogens (tertiary/aromatic N) is 18. The van der Waals surface area contributed by atoms with E-state index < -0.39 is 157 Å². The van der Waals surface area contributed by atoms with Crippen LogP contribution in [-0.2, 0) is 30.1 Å². The van der Waals surface area contributed by atoms with Crippen molar-refractivity contribution in [1.82, 2.24) is 87.6 Å². The van der Waals surface area contributed by atoms with E-state index in [-0.39, 0.29) is 6.01 Å². The number of allylic oxidation sites excluding steroid dienone is 3. The number of aliphatic hydroxyl groups is 10. The lowest BCUT2D eigenvalue weighted by Gasteiger charge is -2.19. The van der Waals surface area contributed by atoms with E-state index in [4.69, 9.17) is 39.9 Å². The maximum absolute atomic E-state index is 10.7. The predicted octanol–water partition coefficient (Wildman–Crippen LogP) is 10.0. The van der Waals surface area contributed by atoms with E-state index in [0.717, 1.165) is 55.9 Å². The Bertz CT molecular complexity index is 6060. The van der Waals surface area contributed by atoms with E-state index >= 15 is 0 Å². The monoisotopic (exact) mass is 2060 g/mol. The molecule has 20 atom stereocenters. The first kappa shape index (κ1) is 112. The molecule has 0 aromatic carbocycles. The van der Waals surface area contributed by atoms with Gasteiger partial charge in [-0.15, -0.1) is 65.9 Å². The summed E-state index contributed by atoms with van der Waals surface area (Å²) in [7, 11) is 1.50. The number of aliphatic hydroxyl groups excluding tert-OH is 10. The highest BCUT2D eigenvalue weighted by molar-refractivity contribution is 7.98. The summed E-state index contributed by atoms with van der Waals surface area (Å²) in [5.74, 6) is 3.16. The van der Waals surface area contributed by atoms with Crippen LogP contribution in [0.1, 0.15) is 143 Å². The molecule has 39 nitrogen and oxygen atoms in total. The molecule has 10 aromatic rings. The molecule has 15 rings (SSSR count). The number of ether oxygens (including phenoxy) is 6. The third kappa shape index (κ3) is 28.3. The average molecular weight is 2060 g/mol. The standard InChI is InChI=1S/C21H34N5O4P.C21H34N5O3PS.C20H32N5O3P.C17H27N4O3P.C16H25N4O3P/c1-7-13(2)8-10-22-18-15-19(25-21(24-18)29-3)26(12-23-15)20-17(28)16(27)14(30-20)9-11-31(4,5)6;1-7-13(2)8-10-22-18-15-19(25-21(24-18)31-6)26(12-23-15)20-17(28)16(27)14(29-20)9-11-30(3,4)5;1-6-13(2)7-9-21-18-15-19(23-11-22-18)25(12-24-15)20-17(27)16(26)14(28-20)8-10-29(3,4)5;1-5-12-20-13-10(18)6-8-19-16(13)21(12)17-15(23)14(22)11(24-17)7-9-25(2,3)4;1-9-19-12-10(17)5-7-18-15(12)20(9)16-14(22)13(21)11(23-16)6-8-24(2,3)4/h8,12,14,16-17,20,27-28H,4,7,9-11H2,1-3,5-6H3,(H,22,24,25);8,12,14,16-17,20,27-28H,3,7,9-11H2,1-2,4-6H3,(H,22,24,25);7,11-12,14,16-17,20,26-27H,3,6,8-10H2,1-2,4-5H3,(H,21,22,23);6,8,11,14-15,17,22-23H,2,5,7,9H2,1,3-4H3,(H2,18,19);5,7,11,13-14,16,21-22H,2,6,8H2,1,3-4H3,(H2,17,18)/b2*13-8-;13-7-;;/t3*14-,16-,17-,20?;11-,14-,15-,17?;11-,13-,14-,16?/m11111/s1. The number of hydrogen-bond donors (Lipinski definition) is 15. The van der Waals surface area contributed by atoms with Gasteiger partial charge < -0.3 is 107 Å². The maximum atomic E-state index is 10.7. The van der Waals surface area contributed by atoms with Gasteiger partial charge in [0.15, 0.2) is 98.5 Å². The number of thioether (sulfide) groups is 1. The lowest BCUT2D eigenvalue weighted by molar-refractivity contribution is -0.0367. The van der Waals surface area contributed by atoms with Crippen LogP contribution >= 0.6 is 46.2 Å². The molecular weight excluding hydrogens is 1910 g/mol. The molecule has 5 aliphatic rings. The number of rotatable bonds is 35. The van der Waals surface area contributed by atoms with Gasteiger partial charge in [-0.05, 0) is 195 Å². The van der Waals surface area contributed by atoms with Gasteiger partial charge in [-0.3, -0.25) is 22.8 Å². The molecule has 0 amide bonds. The van der Waals surface area contributed by atoms with Gasteiger partial charge in [-0.25, -0.2) is 54.8 Å². The number of nitrogens with one attached hydrogen (secondary N) is 3. The van der Waals surface area contributed by atoms with E-state index in [9.17, 15) is 51.1 Å². The molecule has 140 heavy (non-hydrogen) atoms. The quantitative estimate of drug-likeness (QED) is 0.00759. The molecule has 5 saturated heterocycles. The van der Waals surface area contributed by atoms with Crippen molar-refractivity contribution in [3.63, 3.8) is 0 Å². The van der Waals surface area contributed by atoms with Crippen molar-refractivity contribution in [1.29, 1.82) is 0 Å². The van der Waals surface area contributed by atoms with E-state index in [1.165, 1.54) is 41.9 Å². The van der Waals surface area contributed by atoms with Crippen molar-refractivity contribution >= 4 is 162 Å². The van der Waals surface area contributed by atoms with Gasteiger partial charge in [0.1, 0.15) is 90.0 Å². The summed E-state index contributed by atoms with van der Waals surface area (Å²) in [6.07, 6.45) is 34.0. The third-order valence-electron chi connectivity index (χ3n) is 25.3. The lowest BCUT2D eigenvalue weighted by Crippen LogP contribution is -2.32. The van der Waals surface area contributed by atoms with Crippen LogP contribution in [0.25, 0.3) is 55.8 Å². The molecule has 10 aromatic heterocycles. The Balaban J connectivity index is 0.000000168. The Morgan fingerprint density at radius 1 is 0.407 bits per heavy atom. The van der Waals surface area contributed by atoms with Gasteiger partial charge >= 0.3 is 6.01 Å². The van der Waals surface area contributed by atoms with E-state index in [1.54, 1.807) is 66.3 Å². The number of methoxy groups -OCH3 is 1. The Morgan fingerprint density at radius 2 is 0.736 bits per heavy atom. The van der Waals surface area contributed by atoms with Gasteiger partial charge in [-0.1, -0.05) is 74.4 Å². The molecular formula is C95H152N23O16P5S. The van der Waals surface area contributed by atoms with Crippen molar-refractivity contribution < 1.29 is 79.5 Å². The van der Waals surface area contributed by atoms with E-state index in [2.05, 4.69) is 239 Å². The number of aromatic nitrogens is 18. The summed E-state index contributed by atoms with van der Waals surface area (Å²) in [6.45, 7) is 33.5. The summed E-state index contributed by atoms with van der Waals surface area (Å²) in [5, 5.41) is 116. The van der Waals surface area contributed by atoms with Gasteiger partial charge in [0.2, 0.25) is 0 Å². The number of pyridine rings is 2. The summed E-state index contributed by atoms with van der Waals surface area (Å²) in [6, 6.07) is 3.56. The molecule has 5 unspecified atom stereocenters. The fourth-order valence-corrected chi connectivity index (χ4v) is 21.6. The zero-order valence-corrected chi connectivity index (χ0v) is 90.0. The van der Waals surface area contributed by atoms with Gasteiger partial charge in [-0.2, -0.15) is 9.97 Å². The molecule has 0 radical (unpaired) electrons. The number of nitrogen functional groups attached to an aromatic ring is 2. The normalized spacial score (nSPS) is 25.9. The molecule has 5 fully saturated rings. The smallest absolute Gasteiger partial charge is 0.320 e. The van der Waals surface area contributed by atoms with E-state index in [0.29, 0.717) is 154 Å². The first-order valence-corrected chi connectivity index (χ1v) is 64.0. The molecule has 0 bridgehead atoms. The van der Waals surface area contributed by atoms with Gasteiger partial charge in [0, 0.05) is 38.4 Å². The highest BCUT2D eigenvalue weighted by Gasteiger charge is 2.50. The van der Waals surface area contributed by atoms with E-state index in [1.807, 2.05) is 20.1 Å². The second-order valence-corrected chi connectivity index (χ2v) is 62.4. The van der Waals surface area contributed by atoms with Gasteiger partial charge in [0.05, 0.1) is 68.0 Å². The molecule has 0 spiro atoms. The van der Waals surface area contributed by atoms with Crippen LogP contribution in [-0.4, -0.2) is 392 Å². The Kier molecular flexibility index (Phi) is 38.9. The van der Waals surface area contributed by atoms with Crippen molar-refractivity contribution in [2.24, 2.45) is 0 Å². The van der Waals surface area contributed by atoms with Crippen molar-refractivity contribution in [3.8, 4) is 6.01 Å². The van der Waals surface area contributed by atoms with Crippen molar-refractivity contribution in [2.75, 3.05) is 158 Å². The summed E-state index contributed by atoms with van der Waals surface area (Å²) < 4.78 is 44.0. The first-order chi connectivity index (χ1) is 65.9. The molecule has 45 heteroatoms. The Labute approximate surface area is 826 Å². The number of hydrogen-bond acceptors (Lipinski definition) is 35.